The standard InChI is InChI=1S/C21H24FN5O4.ClH/c1-3-6-31-25-16-9-26(11-21(16,2)10-23)19-15(22)7-13-17(28)14(20(29)30)8-27(12-4-5-12)18(13)24-19;/h3,7-8,12H,1,4-6,9-11,23H2,2H3,(H,29,30);1H/b25-16+;. The molecule has 1 saturated heterocycles. The minimum Gasteiger partial charge on any atom is -0.477 e. The molecule has 32 heavy (non-hydrogen) atoms. The van der Waals surface area contributed by atoms with Crippen LogP contribution in [0.1, 0.15) is 36.2 Å². The van der Waals surface area contributed by atoms with E-state index in [2.05, 4.69) is 16.7 Å². The van der Waals surface area contributed by atoms with Crippen molar-refractivity contribution < 1.29 is 19.1 Å². The predicted octanol–water partition coefficient (Wildman–Crippen LogP) is 2.33. The Morgan fingerprint density at radius 2 is 2.25 bits per heavy atom. The molecule has 0 amide bonds. The van der Waals surface area contributed by atoms with Gasteiger partial charge in [0.15, 0.2) is 11.6 Å². The maximum atomic E-state index is 15.1. The number of fused-ring (bicyclic) bond motifs is 1. The maximum Gasteiger partial charge on any atom is 0.341 e. The van der Waals surface area contributed by atoms with Crippen LogP contribution in [-0.4, -0.2) is 52.6 Å². The molecule has 1 aliphatic carbocycles. The number of anilines is 1. The molecule has 0 spiro atoms. The second-order valence-corrected chi connectivity index (χ2v) is 8.22. The summed E-state index contributed by atoms with van der Waals surface area (Å²) in [6, 6.07) is 1.12. The van der Waals surface area contributed by atoms with E-state index in [0.717, 1.165) is 18.9 Å². The molecule has 1 unspecified atom stereocenters. The highest BCUT2D eigenvalue weighted by atomic mass is 35.5. The summed E-state index contributed by atoms with van der Waals surface area (Å²) >= 11 is 0. The van der Waals surface area contributed by atoms with Gasteiger partial charge in [0.1, 0.15) is 17.8 Å². The Hall–Kier alpha value is -2.98. The monoisotopic (exact) mass is 465 g/mol. The molecule has 0 radical (unpaired) electrons. The van der Waals surface area contributed by atoms with Crippen LogP contribution < -0.4 is 16.1 Å². The molecule has 1 atom stereocenters. The number of carboxylic acids is 1. The van der Waals surface area contributed by atoms with Gasteiger partial charge in [-0.3, -0.25) is 4.79 Å². The van der Waals surface area contributed by atoms with Crippen molar-refractivity contribution in [3.05, 3.63) is 46.5 Å². The average Bonchev–Trinajstić information content (AvgIpc) is 3.52. The van der Waals surface area contributed by atoms with Crippen LogP contribution in [0.2, 0.25) is 0 Å². The molecular formula is C21H25ClFN5O4. The van der Waals surface area contributed by atoms with Crippen molar-refractivity contribution in [1.29, 1.82) is 0 Å². The number of aromatic nitrogens is 2. The highest BCUT2D eigenvalue weighted by molar-refractivity contribution is 5.97. The number of rotatable bonds is 7. The van der Waals surface area contributed by atoms with Crippen molar-refractivity contribution >= 4 is 40.9 Å². The summed E-state index contributed by atoms with van der Waals surface area (Å²) in [5.74, 6) is -1.98. The van der Waals surface area contributed by atoms with Gasteiger partial charge in [0.2, 0.25) is 5.43 Å². The molecule has 3 heterocycles. The minimum absolute atomic E-state index is 0. The lowest BCUT2D eigenvalue weighted by Crippen LogP contribution is -2.36. The molecule has 2 aliphatic rings. The molecule has 2 aromatic heterocycles. The van der Waals surface area contributed by atoms with E-state index in [1.54, 1.807) is 15.5 Å². The van der Waals surface area contributed by atoms with Gasteiger partial charge in [-0.2, -0.15) is 0 Å². The molecule has 11 heteroatoms. The summed E-state index contributed by atoms with van der Waals surface area (Å²) in [4.78, 5) is 35.5. The Bertz CT molecular complexity index is 1160. The van der Waals surface area contributed by atoms with Gasteiger partial charge >= 0.3 is 5.97 Å². The molecule has 0 aromatic carbocycles. The summed E-state index contributed by atoms with van der Waals surface area (Å²) in [5, 5.41) is 13.5. The minimum atomic E-state index is -1.34. The van der Waals surface area contributed by atoms with Gasteiger partial charge in [-0.25, -0.2) is 14.2 Å². The second kappa shape index (κ2) is 8.87. The summed E-state index contributed by atoms with van der Waals surface area (Å²) in [5.41, 5.74) is 5.24. The lowest BCUT2D eigenvalue weighted by Gasteiger charge is -2.23. The molecule has 9 nitrogen and oxygen atoms in total. The van der Waals surface area contributed by atoms with E-state index in [1.807, 2.05) is 6.92 Å². The van der Waals surface area contributed by atoms with Gasteiger partial charge in [0.25, 0.3) is 0 Å². The van der Waals surface area contributed by atoms with Crippen molar-refractivity contribution in [2.75, 3.05) is 31.1 Å². The fourth-order valence-electron chi connectivity index (χ4n) is 3.82. The first-order valence-electron chi connectivity index (χ1n) is 10.0. The summed E-state index contributed by atoms with van der Waals surface area (Å²) in [6.45, 7) is 6.66. The number of nitrogens with two attached hydrogens (primary N) is 1. The SMILES string of the molecule is C=CCO/N=C1\CN(c2nc3c(cc2F)c(=O)c(C(=O)O)cn3C2CC2)CC1(C)CN.Cl. The van der Waals surface area contributed by atoms with Crippen LogP contribution in [0.4, 0.5) is 10.2 Å². The molecule has 1 aliphatic heterocycles. The first kappa shape index (κ1) is 23.7. The summed E-state index contributed by atoms with van der Waals surface area (Å²) in [7, 11) is 0. The normalized spacial score (nSPS) is 21.6. The van der Waals surface area contributed by atoms with Crippen molar-refractivity contribution in [3.63, 3.8) is 0 Å². The van der Waals surface area contributed by atoms with Gasteiger partial charge < -0.3 is 25.1 Å². The van der Waals surface area contributed by atoms with E-state index in [1.165, 1.54) is 6.20 Å². The fourth-order valence-corrected chi connectivity index (χ4v) is 3.82. The van der Waals surface area contributed by atoms with Gasteiger partial charge in [-0.1, -0.05) is 24.7 Å². The van der Waals surface area contributed by atoms with E-state index in [-0.39, 0.29) is 60.6 Å². The molecule has 0 bridgehead atoms. The lowest BCUT2D eigenvalue weighted by atomic mass is 9.88. The van der Waals surface area contributed by atoms with Gasteiger partial charge in [-0.05, 0) is 18.9 Å². The number of aromatic carboxylic acids is 1. The second-order valence-electron chi connectivity index (χ2n) is 8.22. The number of halogens is 2. The number of carbonyl (C=O) groups is 1. The number of oxime groups is 1. The molecule has 172 valence electrons. The Balaban J connectivity index is 0.00000289. The van der Waals surface area contributed by atoms with Gasteiger partial charge in [0, 0.05) is 30.7 Å². The molecule has 4 rings (SSSR count). The quantitative estimate of drug-likeness (QED) is 0.365. The van der Waals surface area contributed by atoms with E-state index in [4.69, 9.17) is 10.6 Å². The van der Waals surface area contributed by atoms with Crippen LogP contribution in [0.15, 0.2) is 34.9 Å². The van der Waals surface area contributed by atoms with E-state index < -0.39 is 22.6 Å². The predicted molar refractivity (Wildman–Crippen MR) is 121 cm³/mol. The number of hydrogen-bond donors (Lipinski definition) is 2. The Labute approximate surface area is 189 Å². The summed E-state index contributed by atoms with van der Waals surface area (Å²) in [6.07, 6.45) is 4.57. The summed E-state index contributed by atoms with van der Waals surface area (Å²) < 4.78 is 16.8. The zero-order valence-electron chi connectivity index (χ0n) is 17.6. The third-order valence-electron chi connectivity index (χ3n) is 5.80. The van der Waals surface area contributed by atoms with Crippen LogP contribution in [0.5, 0.6) is 0 Å². The van der Waals surface area contributed by atoms with Gasteiger partial charge in [-0.15, -0.1) is 12.4 Å². The Morgan fingerprint density at radius 1 is 1.53 bits per heavy atom. The fraction of sp³-hybridized carbons (Fsp3) is 0.429. The van der Waals surface area contributed by atoms with Crippen molar-refractivity contribution in [1.82, 2.24) is 9.55 Å². The number of carboxylic acid groups (broad SMARTS) is 1. The highest BCUT2D eigenvalue weighted by Gasteiger charge is 2.41. The van der Waals surface area contributed by atoms with Crippen LogP contribution >= 0.6 is 12.4 Å². The van der Waals surface area contributed by atoms with E-state index in [9.17, 15) is 14.7 Å². The van der Waals surface area contributed by atoms with Crippen molar-refractivity contribution in [2.45, 2.75) is 25.8 Å². The Kier molecular flexibility index (Phi) is 6.56. The number of hydrogen-bond acceptors (Lipinski definition) is 7. The molecular weight excluding hydrogens is 441 g/mol. The van der Waals surface area contributed by atoms with E-state index >= 15 is 4.39 Å². The smallest absolute Gasteiger partial charge is 0.341 e. The first-order chi connectivity index (χ1) is 14.8. The highest BCUT2D eigenvalue weighted by Crippen LogP contribution is 2.38. The molecule has 3 N–H and O–H groups in total. The molecule has 1 saturated carbocycles. The Morgan fingerprint density at radius 3 is 2.84 bits per heavy atom. The lowest BCUT2D eigenvalue weighted by molar-refractivity contribution is 0.0695. The van der Waals surface area contributed by atoms with Crippen LogP contribution in [-0.2, 0) is 4.84 Å². The maximum absolute atomic E-state index is 15.1. The van der Waals surface area contributed by atoms with E-state index in [0.29, 0.717) is 12.3 Å². The zero-order valence-corrected chi connectivity index (χ0v) is 18.4. The largest absolute Gasteiger partial charge is 0.477 e. The number of nitrogens with zero attached hydrogens (tertiary/aromatic N) is 4. The van der Waals surface area contributed by atoms with Crippen LogP contribution in [0, 0.1) is 11.2 Å². The van der Waals surface area contributed by atoms with Crippen LogP contribution in [0.3, 0.4) is 0 Å². The van der Waals surface area contributed by atoms with Crippen molar-refractivity contribution in [2.24, 2.45) is 16.3 Å². The third-order valence-corrected chi connectivity index (χ3v) is 5.80. The van der Waals surface area contributed by atoms with Crippen molar-refractivity contribution in [3.8, 4) is 0 Å². The molecule has 2 aromatic rings. The number of pyridine rings is 2. The topological polar surface area (TPSA) is 123 Å². The third kappa shape index (κ3) is 4.07. The average molecular weight is 466 g/mol. The van der Waals surface area contributed by atoms with Gasteiger partial charge in [0.05, 0.1) is 17.6 Å². The molecule has 2 fully saturated rings. The van der Waals surface area contributed by atoms with Crippen LogP contribution in [0.25, 0.3) is 11.0 Å². The first-order valence-corrected chi connectivity index (χ1v) is 10.0. The zero-order chi connectivity index (χ0) is 22.3.